The minimum absolute atomic E-state index is 0.0198. The van der Waals surface area contributed by atoms with Gasteiger partial charge in [-0.25, -0.2) is 0 Å². The van der Waals surface area contributed by atoms with Gasteiger partial charge in [0.2, 0.25) is 5.91 Å². The number of benzene rings is 1. The number of rotatable bonds is 7. The molecule has 1 saturated carbocycles. The molecule has 0 bridgehead atoms. The van der Waals surface area contributed by atoms with E-state index in [1.807, 2.05) is 24.7 Å². The van der Waals surface area contributed by atoms with E-state index in [4.69, 9.17) is 0 Å². The minimum atomic E-state index is -0.0198. The Morgan fingerprint density at radius 3 is 2.50 bits per heavy atom. The second-order valence-corrected chi connectivity index (χ2v) is 6.72. The van der Waals surface area contributed by atoms with Crippen LogP contribution in [0.25, 0.3) is 0 Å². The summed E-state index contributed by atoms with van der Waals surface area (Å²) in [6.45, 7) is 5.97. The fourth-order valence-electron chi connectivity index (χ4n) is 3.00. The number of hydrogen-bond acceptors (Lipinski definition) is 3. The van der Waals surface area contributed by atoms with Crippen molar-refractivity contribution < 1.29 is 9.59 Å². The number of carbonyl (C=O) groups excluding carboxylic acids is 2. The maximum absolute atomic E-state index is 12.8. The normalized spacial score (nSPS) is 13.9. The second kappa shape index (κ2) is 8.17. The molecular formula is C20H26N4O2. The number of nitrogens with zero attached hydrogens (tertiary/aromatic N) is 3. The standard InChI is InChI=1S/C20H26N4O2/c1-3-23(13-15-12-21-24(4-2)14-15)20(26)17-8-10-18(11-9-17)22-19(25)16-6-5-7-16/h8-12,14,16H,3-7,13H2,1-2H3,(H,22,25). The lowest BCUT2D eigenvalue weighted by Crippen LogP contribution is -2.30. The summed E-state index contributed by atoms with van der Waals surface area (Å²) in [4.78, 5) is 26.6. The maximum Gasteiger partial charge on any atom is 0.254 e. The van der Waals surface area contributed by atoms with Crippen LogP contribution in [0.3, 0.4) is 0 Å². The number of carbonyl (C=O) groups is 2. The molecule has 1 fully saturated rings. The van der Waals surface area contributed by atoms with E-state index in [1.54, 1.807) is 35.4 Å². The average Bonchev–Trinajstić information content (AvgIpc) is 3.06. The lowest BCUT2D eigenvalue weighted by atomic mass is 9.85. The zero-order chi connectivity index (χ0) is 18.5. The molecule has 1 heterocycles. The van der Waals surface area contributed by atoms with Crippen LogP contribution in [0.4, 0.5) is 5.69 Å². The topological polar surface area (TPSA) is 67.2 Å². The summed E-state index contributed by atoms with van der Waals surface area (Å²) in [6.07, 6.45) is 6.86. The fourth-order valence-corrected chi connectivity index (χ4v) is 3.00. The van der Waals surface area contributed by atoms with Crippen LogP contribution in [0.15, 0.2) is 36.7 Å². The summed E-state index contributed by atoms with van der Waals surface area (Å²) in [5, 5.41) is 7.19. The van der Waals surface area contributed by atoms with Crippen molar-refractivity contribution in [3.05, 3.63) is 47.8 Å². The van der Waals surface area contributed by atoms with Crippen molar-refractivity contribution in [1.82, 2.24) is 14.7 Å². The van der Waals surface area contributed by atoms with Gasteiger partial charge < -0.3 is 10.2 Å². The van der Waals surface area contributed by atoms with Crippen LogP contribution in [0.1, 0.15) is 49.0 Å². The molecule has 138 valence electrons. The van der Waals surface area contributed by atoms with E-state index in [9.17, 15) is 9.59 Å². The molecule has 6 heteroatoms. The third-order valence-corrected chi connectivity index (χ3v) is 4.93. The number of amides is 2. The van der Waals surface area contributed by atoms with Crippen molar-refractivity contribution >= 4 is 17.5 Å². The summed E-state index contributed by atoms with van der Waals surface area (Å²) in [7, 11) is 0. The van der Waals surface area contributed by atoms with Gasteiger partial charge >= 0.3 is 0 Å². The summed E-state index contributed by atoms with van der Waals surface area (Å²) >= 11 is 0. The molecule has 0 saturated heterocycles. The van der Waals surface area contributed by atoms with Gasteiger partial charge in [0.25, 0.3) is 5.91 Å². The van der Waals surface area contributed by atoms with Gasteiger partial charge in [0.05, 0.1) is 6.20 Å². The first-order valence-corrected chi connectivity index (χ1v) is 9.32. The van der Waals surface area contributed by atoms with Crippen LogP contribution in [-0.4, -0.2) is 33.0 Å². The molecule has 1 aromatic carbocycles. The van der Waals surface area contributed by atoms with Crippen molar-refractivity contribution in [2.75, 3.05) is 11.9 Å². The van der Waals surface area contributed by atoms with Crippen molar-refractivity contribution in [2.24, 2.45) is 5.92 Å². The average molecular weight is 354 g/mol. The van der Waals surface area contributed by atoms with E-state index in [0.717, 1.165) is 37.1 Å². The van der Waals surface area contributed by atoms with E-state index in [-0.39, 0.29) is 17.7 Å². The fraction of sp³-hybridized carbons (Fsp3) is 0.450. The first kappa shape index (κ1) is 18.2. The van der Waals surface area contributed by atoms with Gasteiger partial charge in [-0.3, -0.25) is 14.3 Å². The Morgan fingerprint density at radius 2 is 1.96 bits per heavy atom. The molecule has 1 aromatic heterocycles. The molecule has 0 aliphatic heterocycles. The van der Waals surface area contributed by atoms with Crippen LogP contribution < -0.4 is 5.32 Å². The van der Waals surface area contributed by atoms with Crippen molar-refractivity contribution in [3.8, 4) is 0 Å². The van der Waals surface area contributed by atoms with Gasteiger partial charge in [0.15, 0.2) is 0 Å². The predicted octanol–water partition coefficient (Wildman–Crippen LogP) is 3.30. The predicted molar refractivity (Wildman–Crippen MR) is 101 cm³/mol. The number of aryl methyl sites for hydroxylation is 1. The van der Waals surface area contributed by atoms with Crippen molar-refractivity contribution in [2.45, 2.75) is 46.2 Å². The number of anilines is 1. The Kier molecular flexibility index (Phi) is 5.71. The maximum atomic E-state index is 12.8. The minimum Gasteiger partial charge on any atom is -0.334 e. The third kappa shape index (κ3) is 4.12. The molecule has 1 aliphatic carbocycles. The molecule has 0 unspecified atom stereocenters. The highest BCUT2D eigenvalue weighted by Crippen LogP contribution is 2.27. The molecule has 6 nitrogen and oxygen atoms in total. The Labute approximate surface area is 154 Å². The first-order chi connectivity index (χ1) is 12.6. The molecule has 1 N–H and O–H groups in total. The highest BCUT2D eigenvalue weighted by molar-refractivity contribution is 5.96. The summed E-state index contributed by atoms with van der Waals surface area (Å²) in [5.74, 6) is 0.211. The Bertz CT molecular complexity index is 762. The number of aromatic nitrogens is 2. The van der Waals surface area contributed by atoms with E-state index in [1.165, 1.54) is 0 Å². The van der Waals surface area contributed by atoms with Crippen LogP contribution in [0.5, 0.6) is 0 Å². The smallest absolute Gasteiger partial charge is 0.254 e. The summed E-state index contributed by atoms with van der Waals surface area (Å²) < 4.78 is 1.85. The van der Waals surface area contributed by atoms with Gasteiger partial charge in [0, 0.05) is 48.6 Å². The first-order valence-electron chi connectivity index (χ1n) is 9.32. The SMILES string of the molecule is CCN(Cc1cnn(CC)c1)C(=O)c1ccc(NC(=O)C2CCC2)cc1. The largest absolute Gasteiger partial charge is 0.334 e. The molecule has 3 rings (SSSR count). The van der Waals surface area contributed by atoms with Crippen LogP contribution >= 0.6 is 0 Å². The Balaban J connectivity index is 1.62. The molecular weight excluding hydrogens is 328 g/mol. The van der Waals surface area contributed by atoms with Crippen molar-refractivity contribution in [1.29, 1.82) is 0 Å². The molecule has 0 radical (unpaired) electrons. The second-order valence-electron chi connectivity index (χ2n) is 6.72. The molecule has 26 heavy (non-hydrogen) atoms. The number of hydrogen-bond donors (Lipinski definition) is 1. The molecule has 0 spiro atoms. The van der Waals surface area contributed by atoms with Gasteiger partial charge in [-0.15, -0.1) is 0 Å². The highest BCUT2D eigenvalue weighted by Gasteiger charge is 2.25. The Hall–Kier alpha value is -2.63. The summed E-state index contributed by atoms with van der Waals surface area (Å²) in [5.41, 5.74) is 2.38. The van der Waals surface area contributed by atoms with Crippen LogP contribution in [0.2, 0.25) is 0 Å². The zero-order valence-electron chi connectivity index (χ0n) is 15.4. The van der Waals surface area contributed by atoms with E-state index in [2.05, 4.69) is 10.4 Å². The van der Waals surface area contributed by atoms with Crippen LogP contribution in [-0.2, 0) is 17.9 Å². The quantitative estimate of drug-likeness (QED) is 0.829. The van der Waals surface area contributed by atoms with E-state index < -0.39 is 0 Å². The Morgan fingerprint density at radius 1 is 1.23 bits per heavy atom. The molecule has 0 atom stereocenters. The van der Waals surface area contributed by atoms with E-state index in [0.29, 0.717) is 18.7 Å². The summed E-state index contributed by atoms with van der Waals surface area (Å²) in [6, 6.07) is 7.15. The van der Waals surface area contributed by atoms with Gasteiger partial charge in [-0.05, 0) is 51.0 Å². The third-order valence-electron chi connectivity index (χ3n) is 4.93. The highest BCUT2D eigenvalue weighted by atomic mass is 16.2. The monoisotopic (exact) mass is 354 g/mol. The van der Waals surface area contributed by atoms with Gasteiger partial charge in [-0.1, -0.05) is 6.42 Å². The van der Waals surface area contributed by atoms with Crippen LogP contribution in [0, 0.1) is 5.92 Å². The van der Waals surface area contributed by atoms with Gasteiger partial charge in [-0.2, -0.15) is 5.10 Å². The number of nitrogens with one attached hydrogen (secondary N) is 1. The molecule has 1 aliphatic rings. The molecule has 2 aromatic rings. The van der Waals surface area contributed by atoms with Gasteiger partial charge in [0.1, 0.15) is 0 Å². The zero-order valence-corrected chi connectivity index (χ0v) is 15.4. The van der Waals surface area contributed by atoms with Crippen molar-refractivity contribution in [3.63, 3.8) is 0 Å². The lowest BCUT2D eigenvalue weighted by molar-refractivity contribution is -0.122. The molecule has 2 amide bonds. The lowest BCUT2D eigenvalue weighted by Gasteiger charge is -2.24. The van der Waals surface area contributed by atoms with E-state index >= 15 is 0 Å².